The van der Waals surface area contributed by atoms with E-state index in [1.54, 1.807) is 24.3 Å². The molecule has 0 aromatic heterocycles. The summed E-state index contributed by atoms with van der Waals surface area (Å²) in [4.78, 5) is 14.0. The number of piperidine rings is 1. The number of carbonyl (C=O) groups is 1. The number of hydrogen-bond acceptors (Lipinski definition) is 3. The summed E-state index contributed by atoms with van der Waals surface area (Å²) in [6.45, 7) is 3.57. The fourth-order valence-electron chi connectivity index (χ4n) is 2.46. The minimum atomic E-state index is 0.00956. The lowest BCUT2D eigenvalue weighted by Crippen LogP contribution is -2.46. The molecule has 4 nitrogen and oxygen atoms in total. The van der Waals surface area contributed by atoms with Crippen LogP contribution >= 0.6 is 11.6 Å². The summed E-state index contributed by atoms with van der Waals surface area (Å²) in [6, 6.07) is 7.19. The zero-order chi connectivity index (χ0) is 14.5. The predicted molar refractivity (Wildman–Crippen MR) is 79.9 cm³/mol. The van der Waals surface area contributed by atoms with Crippen molar-refractivity contribution >= 4 is 17.5 Å². The number of rotatable bonds is 4. The van der Waals surface area contributed by atoms with E-state index in [1.807, 2.05) is 11.8 Å². The van der Waals surface area contributed by atoms with E-state index in [-0.39, 0.29) is 18.6 Å². The van der Waals surface area contributed by atoms with Gasteiger partial charge in [-0.1, -0.05) is 17.7 Å². The first-order valence-corrected chi connectivity index (χ1v) is 7.36. The maximum atomic E-state index is 12.2. The summed E-state index contributed by atoms with van der Waals surface area (Å²) >= 11 is 5.87. The van der Waals surface area contributed by atoms with E-state index in [9.17, 15) is 4.79 Å². The van der Waals surface area contributed by atoms with Crippen molar-refractivity contribution in [2.75, 3.05) is 19.7 Å². The largest absolute Gasteiger partial charge is 0.484 e. The van der Waals surface area contributed by atoms with Crippen molar-refractivity contribution in [3.05, 3.63) is 29.3 Å². The summed E-state index contributed by atoms with van der Waals surface area (Å²) in [5.41, 5.74) is 5.93. The van der Waals surface area contributed by atoms with Crippen LogP contribution in [0, 0.1) is 5.92 Å². The summed E-state index contributed by atoms with van der Waals surface area (Å²) in [7, 11) is 0. The van der Waals surface area contributed by atoms with E-state index in [1.165, 1.54) is 0 Å². The summed E-state index contributed by atoms with van der Waals surface area (Å²) in [5, 5.41) is 0.602. The monoisotopic (exact) mass is 296 g/mol. The van der Waals surface area contributed by atoms with Crippen molar-refractivity contribution in [1.29, 1.82) is 0 Å². The van der Waals surface area contributed by atoms with Crippen molar-refractivity contribution in [3.8, 4) is 5.75 Å². The van der Waals surface area contributed by atoms with E-state index >= 15 is 0 Å². The highest BCUT2D eigenvalue weighted by molar-refractivity contribution is 6.30. The molecule has 1 aromatic carbocycles. The Morgan fingerprint density at radius 3 is 3.10 bits per heavy atom. The highest BCUT2D eigenvalue weighted by Gasteiger charge is 2.25. The number of ether oxygens (including phenoxy) is 1. The fourth-order valence-corrected chi connectivity index (χ4v) is 2.64. The first-order chi connectivity index (χ1) is 9.56. The topological polar surface area (TPSA) is 55.6 Å². The van der Waals surface area contributed by atoms with Crippen molar-refractivity contribution in [2.24, 2.45) is 11.7 Å². The Balaban J connectivity index is 1.85. The lowest BCUT2D eigenvalue weighted by atomic mass is 9.92. The van der Waals surface area contributed by atoms with Crippen molar-refractivity contribution in [3.63, 3.8) is 0 Å². The maximum Gasteiger partial charge on any atom is 0.260 e. The molecule has 0 aliphatic carbocycles. The molecule has 1 amide bonds. The SMILES string of the molecule is CC(N)C1CCCN(C(=O)COc2cccc(Cl)c2)C1. The minimum absolute atomic E-state index is 0.00956. The van der Waals surface area contributed by atoms with Gasteiger partial charge in [-0.3, -0.25) is 4.79 Å². The molecule has 5 heteroatoms. The molecule has 110 valence electrons. The molecule has 2 N–H and O–H groups in total. The Labute approximate surface area is 124 Å². The number of nitrogens with zero attached hydrogens (tertiary/aromatic N) is 1. The standard InChI is InChI=1S/C15H21ClN2O2/c1-11(17)12-4-3-7-18(9-12)15(19)10-20-14-6-2-5-13(16)8-14/h2,5-6,8,11-12H,3-4,7,9-10,17H2,1H3. The number of nitrogens with two attached hydrogens (primary N) is 1. The molecule has 1 aliphatic rings. The predicted octanol–water partition coefficient (Wildman–Crippen LogP) is 2.30. The van der Waals surface area contributed by atoms with Crippen LogP contribution in [0.5, 0.6) is 5.75 Å². The molecule has 1 fully saturated rings. The summed E-state index contributed by atoms with van der Waals surface area (Å²) in [5.74, 6) is 1.01. The molecule has 0 saturated carbocycles. The average Bonchev–Trinajstić information content (AvgIpc) is 2.45. The molecular formula is C15H21ClN2O2. The van der Waals surface area contributed by atoms with E-state index in [0.29, 0.717) is 16.7 Å². The molecule has 1 heterocycles. The summed E-state index contributed by atoms with van der Waals surface area (Å²) < 4.78 is 5.49. The molecular weight excluding hydrogens is 276 g/mol. The van der Waals surface area contributed by atoms with E-state index in [0.717, 1.165) is 25.9 Å². The van der Waals surface area contributed by atoms with E-state index in [2.05, 4.69) is 0 Å². The van der Waals surface area contributed by atoms with Crippen LogP contribution in [-0.4, -0.2) is 36.5 Å². The van der Waals surface area contributed by atoms with Gasteiger partial charge < -0.3 is 15.4 Å². The quantitative estimate of drug-likeness (QED) is 0.927. The maximum absolute atomic E-state index is 12.2. The van der Waals surface area contributed by atoms with Crippen LogP contribution in [0.1, 0.15) is 19.8 Å². The molecule has 1 aliphatic heterocycles. The average molecular weight is 297 g/mol. The Morgan fingerprint density at radius 2 is 2.40 bits per heavy atom. The molecule has 0 radical (unpaired) electrons. The Morgan fingerprint density at radius 1 is 1.60 bits per heavy atom. The van der Waals surface area contributed by atoms with Gasteiger partial charge in [0.15, 0.2) is 6.61 Å². The van der Waals surface area contributed by atoms with Gasteiger partial charge >= 0.3 is 0 Å². The molecule has 2 atom stereocenters. The molecule has 1 aromatic rings. The molecule has 0 bridgehead atoms. The number of amides is 1. The number of benzene rings is 1. The Bertz CT molecular complexity index is 465. The van der Waals surface area contributed by atoms with Gasteiger partial charge in [0, 0.05) is 24.2 Å². The first-order valence-electron chi connectivity index (χ1n) is 6.98. The Hall–Kier alpha value is -1.26. The lowest BCUT2D eigenvalue weighted by Gasteiger charge is -2.34. The van der Waals surface area contributed by atoms with Gasteiger partial charge in [0.1, 0.15) is 5.75 Å². The van der Waals surface area contributed by atoms with Crippen molar-refractivity contribution < 1.29 is 9.53 Å². The molecule has 2 unspecified atom stereocenters. The van der Waals surface area contributed by atoms with Crippen LogP contribution < -0.4 is 10.5 Å². The van der Waals surface area contributed by atoms with Gasteiger partial charge in [-0.15, -0.1) is 0 Å². The second-order valence-electron chi connectivity index (χ2n) is 5.35. The zero-order valence-corrected chi connectivity index (χ0v) is 12.5. The molecule has 0 spiro atoms. The van der Waals surface area contributed by atoms with Crippen molar-refractivity contribution in [2.45, 2.75) is 25.8 Å². The third-order valence-electron chi connectivity index (χ3n) is 3.71. The number of carbonyl (C=O) groups excluding carboxylic acids is 1. The highest BCUT2D eigenvalue weighted by Crippen LogP contribution is 2.20. The zero-order valence-electron chi connectivity index (χ0n) is 11.7. The molecule has 1 saturated heterocycles. The summed E-state index contributed by atoms with van der Waals surface area (Å²) in [6.07, 6.45) is 2.10. The second kappa shape index (κ2) is 6.95. The normalized spacial score (nSPS) is 20.6. The number of hydrogen-bond donors (Lipinski definition) is 1. The minimum Gasteiger partial charge on any atom is -0.484 e. The van der Waals surface area contributed by atoms with Gasteiger partial charge in [0.05, 0.1) is 0 Å². The molecule has 20 heavy (non-hydrogen) atoms. The first kappa shape index (κ1) is 15.1. The smallest absolute Gasteiger partial charge is 0.260 e. The number of likely N-dealkylation sites (tertiary alicyclic amines) is 1. The van der Waals surface area contributed by atoms with Gasteiger partial charge in [-0.2, -0.15) is 0 Å². The van der Waals surface area contributed by atoms with Crippen LogP contribution in [0.2, 0.25) is 5.02 Å². The van der Waals surface area contributed by atoms with E-state index < -0.39 is 0 Å². The van der Waals surface area contributed by atoms with Crippen LogP contribution in [0.3, 0.4) is 0 Å². The third kappa shape index (κ3) is 4.12. The second-order valence-corrected chi connectivity index (χ2v) is 5.78. The van der Waals surface area contributed by atoms with Crippen LogP contribution in [-0.2, 0) is 4.79 Å². The van der Waals surface area contributed by atoms with Gasteiger partial charge in [-0.05, 0) is 43.9 Å². The van der Waals surface area contributed by atoms with Crippen LogP contribution in [0.4, 0.5) is 0 Å². The Kier molecular flexibility index (Phi) is 5.26. The van der Waals surface area contributed by atoms with Crippen molar-refractivity contribution in [1.82, 2.24) is 4.90 Å². The van der Waals surface area contributed by atoms with Gasteiger partial charge in [0.25, 0.3) is 5.91 Å². The van der Waals surface area contributed by atoms with E-state index in [4.69, 9.17) is 22.1 Å². The van der Waals surface area contributed by atoms with Crippen LogP contribution in [0.25, 0.3) is 0 Å². The fraction of sp³-hybridized carbons (Fsp3) is 0.533. The lowest BCUT2D eigenvalue weighted by molar-refractivity contribution is -0.135. The third-order valence-corrected chi connectivity index (χ3v) is 3.95. The molecule has 2 rings (SSSR count). The van der Waals surface area contributed by atoms with Gasteiger partial charge in [-0.25, -0.2) is 0 Å². The highest BCUT2D eigenvalue weighted by atomic mass is 35.5. The van der Waals surface area contributed by atoms with Crippen LogP contribution in [0.15, 0.2) is 24.3 Å². The van der Waals surface area contributed by atoms with Gasteiger partial charge in [0.2, 0.25) is 0 Å². The number of halogens is 1.